The van der Waals surface area contributed by atoms with Gasteiger partial charge in [0.2, 0.25) is 0 Å². The predicted octanol–water partition coefficient (Wildman–Crippen LogP) is 2.77. The van der Waals surface area contributed by atoms with Gasteiger partial charge in [0.15, 0.2) is 5.88 Å². The molecule has 4 amide bonds. The molecule has 1 aromatic heterocycles. The van der Waals surface area contributed by atoms with E-state index in [0.29, 0.717) is 21.8 Å². The minimum atomic E-state index is -0.793. The van der Waals surface area contributed by atoms with Crippen LogP contribution in [0.4, 0.5) is 16.4 Å². The molecule has 0 bridgehead atoms. The minimum Gasteiger partial charge on any atom is -0.441 e. The Bertz CT molecular complexity index is 901. The van der Waals surface area contributed by atoms with Crippen LogP contribution in [-0.4, -0.2) is 31.9 Å². The average Bonchev–Trinajstić information content (AvgIpc) is 3.00. The number of benzene rings is 1. The van der Waals surface area contributed by atoms with Crippen LogP contribution in [-0.2, 0) is 9.59 Å². The summed E-state index contributed by atoms with van der Waals surface area (Å²) in [7, 11) is 3.61. The van der Waals surface area contributed by atoms with Gasteiger partial charge < -0.3 is 9.32 Å². The zero-order valence-electron chi connectivity index (χ0n) is 13.4. The molecule has 7 nitrogen and oxygen atoms in total. The summed E-state index contributed by atoms with van der Waals surface area (Å²) in [6, 6.07) is 9.24. The summed E-state index contributed by atoms with van der Waals surface area (Å²) >= 11 is 3.29. The third-order valence-electron chi connectivity index (χ3n) is 3.51. The smallest absolute Gasteiger partial charge is 0.335 e. The van der Waals surface area contributed by atoms with E-state index >= 15 is 0 Å². The van der Waals surface area contributed by atoms with Crippen molar-refractivity contribution in [2.24, 2.45) is 0 Å². The lowest BCUT2D eigenvalue weighted by atomic mass is 10.1. The van der Waals surface area contributed by atoms with Crippen LogP contribution in [0, 0.1) is 0 Å². The van der Waals surface area contributed by atoms with Crippen molar-refractivity contribution in [2.45, 2.75) is 0 Å². The Balaban J connectivity index is 1.99. The van der Waals surface area contributed by atoms with Crippen LogP contribution < -0.4 is 15.1 Å². The monoisotopic (exact) mass is 403 g/mol. The lowest BCUT2D eigenvalue weighted by Crippen LogP contribution is -2.54. The number of carbonyl (C=O) groups excluding carboxylic acids is 3. The first-order valence-corrected chi connectivity index (χ1v) is 8.10. The summed E-state index contributed by atoms with van der Waals surface area (Å²) < 4.78 is 6.24. The minimum absolute atomic E-state index is 0.181. The van der Waals surface area contributed by atoms with E-state index in [9.17, 15) is 14.4 Å². The molecule has 0 aliphatic carbocycles. The summed E-state index contributed by atoms with van der Waals surface area (Å²) in [4.78, 5) is 39.6. The van der Waals surface area contributed by atoms with Gasteiger partial charge in [-0.1, -0.05) is 22.0 Å². The van der Waals surface area contributed by atoms with Gasteiger partial charge in [-0.15, -0.1) is 0 Å². The lowest BCUT2D eigenvalue weighted by molar-refractivity contribution is -0.122. The summed E-state index contributed by atoms with van der Waals surface area (Å²) in [5, 5.41) is 2.17. The van der Waals surface area contributed by atoms with Gasteiger partial charge in [-0.2, -0.15) is 0 Å². The van der Waals surface area contributed by atoms with Gasteiger partial charge in [0, 0.05) is 24.6 Å². The maximum Gasteiger partial charge on any atom is 0.335 e. The second-order valence-electron chi connectivity index (χ2n) is 5.51. The maximum absolute atomic E-state index is 12.7. The van der Waals surface area contributed by atoms with Crippen LogP contribution in [0.15, 0.2) is 50.9 Å². The number of furan rings is 1. The molecule has 0 spiro atoms. The van der Waals surface area contributed by atoms with Gasteiger partial charge >= 0.3 is 6.03 Å². The van der Waals surface area contributed by atoms with Crippen LogP contribution in [0.1, 0.15) is 5.76 Å². The summed E-state index contributed by atoms with van der Waals surface area (Å²) in [5.74, 6) is -0.556. The summed E-state index contributed by atoms with van der Waals surface area (Å²) in [5.41, 5.74) is 0.169. The molecule has 1 aliphatic rings. The van der Waals surface area contributed by atoms with E-state index in [4.69, 9.17) is 4.42 Å². The van der Waals surface area contributed by atoms with E-state index in [1.807, 2.05) is 14.1 Å². The molecule has 0 radical (unpaired) electrons. The molecule has 1 saturated heterocycles. The van der Waals surface area contributed by atoms with E-state index in [1.54, 1.807) is 41.3 Å². The standard InChI is InChI=1S/C17H14BrN3O4/c1-20(2)14-7-6-12(25-14)9-13-15(22)19-17(24)21(16(13)23)11-5-3-4-10(18)8-11/h3-9H,1-2H3,(H,19,22,24)/b13-9+. The van der Waals surface area contributed by atoms with Crippen molar-refractivity contribution in [1.82, 2.24) is 5.32 Å². The van der Waals surface area contributed by atoms with Crippen LogP contribution in [0.3, 0.4) is 0 Å². The lowest BCUT2D eigenvalue weighted by Gasteiger charge is -2.26. The van der Waals surface area contributed by atoms with Gasteiger partial charge in [0.1, 0.15) is 11.3 Å². The van der Waals surface area contributed by atoms with Crippen molar-refractivity contribution >= 4 is 51.4 Å². The Morgan fingerprint density at radius 1 is 1.16 bits per heavy atom. The van der Waals surface area contributed by atoms with Gasteiger partial charge in [0.05, 0.1) is 5.69 Å². The number of urea groups is 1. The number of amides is 4. The largest absolute Gasteiger partial charge is 0.441 e. The third-order valence-corrected chi connectivity index (χ3v) is 4.00. The fourth-order valence-electron chi connectivity index (χ4n) is 2.31. The molecule has 1 fully saturated rings. The topological polar surface area (TPSA) is 82.9 Å². The number of hydrogen-bond acceptors (Lipinski definition) is 5. The van der Waals surface area contributed by atoms with Crippen molar-refractivity contribution in [1.29, 1.82) is 0 Å². The first kappa shape index (κ1) is 17.0. The van der Waals surface area contributed by atoms with Crippen LogP contribution in [0.2, 0.25) is 0 Å². The number of nitrogens with one attached hydrogen (secondary N) is 1. The predicted molar refractivity (Wildman–Crippen MR) is 96.2 cm³/mol. The fourth-order valence-corrected chi connectivity index (χ4v) is 2.70. The molecule has 1 aromatic carbocycles. The molecule has 1 N–H and O–H groups in total. The zero-order chi connectivity index (χ0) is 18.1. The molecule has 8 heteroatoms. The zero-order valence-corrected chi connectivity index (χ0v) is 15.0. The van der Waals surface area contributed by atoms with Crippen molar-refractivity contribution in [2.75, 3.05) is 23.9 Å². The number of halogens is 1. The number of hydrogen-bond donors (Lipinski definition) is 1. The van der Waals surface area contributed by atoms with Crippen molar-refractivity contribution < 1.29 is 18.8 Å². The van der Waals surface area contributed by atoms with E-state index in [1.165, 1.54) is 6.08 Å². The SMILES string of the molecule is CN(C)c1ccc(/C=C2\C(=O)NC(=O)N(c3cccc(Br)c3)C2=O)o1. The molecule has 3 rings (SSSR count). The first-order chi connectivity index (χ1) is 11.9. The number of imide groups is 2. The average molecular weight is 404 g/mol. The quantitative estimate of drug-likeness (QED) is 0.629. The van der Waals surface area contributed by atoms with Gasteiger partial charge in [0.25, 0.3) is 11.8 Å². The van der Waals surface area contributed by atoms with E-state index < -0.39 is 17.8 Å². The molecule has 0 atom stereocenters. The van der Waals surface area contributed by atoms with Crippen LogP contribution in [0.25, 0.3) is 6.08 Å². The Morgan fingerprint density at radius 3 is 2.56 bits per heavy atom. The van der Waals surface area contributed by atoms with Crippen molar-refractivity contribution in [3.05, 3.63) is 52.2 Å². The van der Waals surface area contributed by atoms with Crippen molar-refractivity contribution in [3.63, 3.8) is 0 Å². The normalized spacial score (nSPS) is 16.4. The Labute approximate surface area is 152 Å². The molecule has 1 aliphatic heterocycles. The molecule has 2 heterocycles. The number of barbiturate groups is 1. The fraction of sp³-hybridized carbons (Fsp3) is 0.118. The Hall–Kier alpha value is -2.87. The Morgan fingerprint density at radius 2 is 1.92 bits per heavy atom. The third kappa shape index (κ3) is 3.34. The number of carbonyl (C=O) groups is 3. The van der Waals surface area contributed by atoms with Gasteiger partial charge in [-0.05, 0) is 30.3 Å². The van der Waals surface area contributed by atoms with E-state index in [2.05, 4.69) is 21.2 Å². The highest BCUT2D eigenvalue weighted by molar-refractivity contribution is 9.10. The van der Waals surface area contributed by atoms with Gasteiger partial charge in [-0.3, -0.25) is 14.9 Å². The molecule has 128 valence electrons. The first-order valence-electron chi connectivity index (χ1n) is 7.31. The van der Waals surface area contributed by atoms with Crippen LogP contribution >= 0.6 is 15.9 Å². The second kappa shape index (κ2) is 6.56. The highest BCUT2D eigenvalue weighted by Crippen LogP contribution is 2.25. The second-order valence-corrected chi connectivity index (χ2v) is 6.42. The molecule has 0 saturated carbocycles. The van der Waals surface area contributed by atoms with Crippen molar-refractivity contribution in [3.8, 4) is 0 Å². The van der Waals surface area contributed by atoms with E-state index in [-0.39, 0.29) is 5.57 Å². The van der Waals surface area contributed by atoms with E-state index in [0.717, 1.165) is 4.90 Å². The maximum atomic E-state index is 12.7. The number of anilines is 2. The van der Waals surface area contributed by atoms with Crippen LogP contribution in [0.5, 0.6) is 0 Å². The highest BCUT2D eigenvalue weighted by Gasteiger charge is 2.37. The molecule has 2 aromatic rings. The molecular formula is C17H14BrN3O4. The highest BCUT2D eigenvalue weighted by atomic mass is 79.9. The summed E-state index contributed by atoms with van der Waals surface area (Å²) in [6.07, 6.45) is 1.32. The summed E-state index contributed by atoms with van der Waals surface area (Å²) in [6.45, 7) is 0. The Kier molecular flexibility index (Phi) is 4.45. The van der Waals surface area contributed by atoms with Gasteiger partial charge in [-0.25, -0.2) is 9.69 Å². The molecule has 25 heavy (non-hydrogen) atoms. The number of nitrogens with zero attached hydrogens (tertiary/aromatic N) is 2. The molecular weight excluding hydrogens is 390 g/mol. The number of rotatable bonds is 3. The molecule has 0 unspecified atom stereocenters.